The molecule has 5 heteroatoms. The molecule has 3 rings (SSSR count). The molecule has 0 fully saturated rings. The molecule has 1 aliphatic rings. The summed E-state index contributed by atoms with van der Waals surface area (Å²) >= 11 is 3.50. The number of nitrogens with zero attached hydrogens (tertiary/aromatic N) is 3. The first-order valence-electron chi connectivity index (χ1n) is 6.43. The van der Waals surface area contributed by atoms with Crippen molar-refractivity contribution in [2.45, 2.75) is 25.3 Å². The number of aromatic nitrogens is 3. The zero-order valence-corrected chi connectivity index (χ0v) is 12.3. The molecule has 1 atom stereocenters. The molecule has 0 aromatic carbocycles. The van der Waals surface area contributed by atoms with Crippen molar-refractivity contribution in [3.63, 3.8) is 0 Å². The third-order valence-electron chi connectivity index (χ3n) is 3.50. The highest BCUT2D eigenvalue weighted by Gasteiger charge is 2.21. The topological polar surface area (TPSA) is 50.7 Å². The molecule has 2 aromatic rings. The van der Waals surface area contributed by atoms with Crippen molar-refractivity contribution in [2.75, 3.05) is 7.05 Å². The van der Waals surface area contributed by atoms with Crippen LogP contribution in [0.1, 0.15) is 30.1 Å². The fourth-order valence-electron chi connectivity index (χ4n) is 2.51. The van der Waals surface area contributed by atoms with Crippen LogP contribution in [0.4, 0.5) is 0 Å². The lowest BCUT2D eigenvalue weighted by Gasteiger charge is -2.24. The Bertz CT molecular complexity index is 600. The second-order valence-corrected chi connectivity index (χ2v) is 5.52. The summed E-state index contributed by atoms with van der Waals surface area (Å²) in [6.45, 7) is 0. The summed E-state index contributed by atoms with van der Waals surface area (Å²) in [5.74, 6) is 0.697. The van der Waals surface area contributed by atoms with Crippen molar-refractivity contribution in [3.05, 3.63) is 40.3 Å². The van der Waals surface area contributed by atoms with Crippen LogP contribution in [0.15, 0.2) is 29.0 Å². The summed E-state index contributed by atoms with van der Waals surface area (Å²) in [7, 11) is 1.99. The van der Waals surface area contributed by atoms with Gasteiger partial charge in [0.1, 0.15) is 5.69 Å². The standard InChI is InChI=1S/C14H15BrN4/c1-16-11-5-2-6-12-9(11)8-18-14(19-12)13-10(15)4-3-7-17-13/h3-4,7-8,11,16H,2,5-6H2,1H3. The van der Waals surface area contributed by atoms with E-state index in [1.165, 1.54) is 12.0 Å². The van der Waals surface area contributed by atoms with Gasteiger partial charge in [0.05, 0.1) is 0 Å². The number of fused-ring (bicyclic) bond motifs is 1. The van der Waals surface area contributed by atoms with E-state index in [4.69, 9.17) is 4.98 Å². The van der Waals surface area contributed by atoms with E-state index in [9.17, 15) is 0 Å². The molecule has 2 heterocycles. The van der Waals surface area contributed by atoms with E-state index in [0.717, 1.165) is 28.7 Å². The quantitative estimate of drug-likeness (QED) is 0.925. The zero-order chi connectivity index (χ0) is 13.2. The van der Waals surface area contributed by atoms with E-state index in [2.05, 4.69) is 31.2 Å². The van der Waals surface area contributed by atoms with Crippen molar-refractivity contribution >= 4 is 15.9 Å². The van der Waals surface area contributed by atoms with Crippen LogP contribution < -0.4 is 5.32 Å². The van der Waals surface area contributed by atoms with Crippen molar-refractivity contribution in [2.24, 2.45) is 0 Å². The van der Waals surface area contributed by atoms with Gasteiger partial charge in [-0.25, -0.2) is 9.97 Å². The number of hydrogen-bond donors (Lipinski definition) is 1. The summed E-state index contributed by atoms with van der Waals surface area (Å²) in [5.41, 5.74) is 3.18. The Morgan fingerprint density at radius 3 is 3.05 bits per heavy atom. The number of rotatable bonds is 2. The van der Waals surface area contributed by atoms with Crippen molar-refractivity contribution in [1.82, 2.24) is 20.3 Å². The fourth-order valence-corrected chi connectivity index (χ4v) is 2.94. The second kappa shape index (κ2) is 5.35. The molecule has 98 valence electrons. The maximum atomic E-state index is 4.70. The molecular weight excluding hydrogens is 304 g/mol. The Hall–Kier alpha value is -1.33. The van der Waals surface area contributed by atoms with Gasteiger partial charge in [-0.15, -0.1) is 0 Å². The van der Waals surface area contributed by atoms with Crippen molar-refractivity contribution < 1.29 is 0 Å². The van der Waals surface area contributed by atoms with Crippen molar-refractivity contribution in [3.8, 4) is 11.5 Å². The number of aryl methyl sites for hydroxylation is 1. The van der Waals surface area contributed by atoms with E-state index in [1.54, 1.807) is 6.20 Å². The monoisotopic (exact) mass is 318 g/mol. The van der Waals surface area contributed by atoms with E-state index in [-0.39, 0.29) is 0 Å². The minimum absolute atomic E-state index is 0.380. The molecule has 1 aliphatic carbocycles. The van der Waals surface area contributed by atoms with Crippen LogP contribution in [0, 0.1) is 0 Å². The minimum atomic E-state index is 0.380. The summed E-state index contributed by atoms with van der Waals surface area (Å²) < 4.78 is 0.927. The molecule has 0 amide bonds. The number of hydrogen-bond acceptors (Lipinski definition) is 4. The highest BCUT2D eigenvalue weighted by Crippen LogP contribution is 2.30. The van der Waals surface area contributed by atoms with Crippen LogP contribution >= 0.6 is 15.9 Å². The van der Waals surface area contributed by atoms with Crippen molar-refractivity contribution in [1.29, 1.82) is 0 Å². The lowest BCUT2D eigenvalue weighted by atomic mass is 9.92. The summed E-state index contributed by atoms with van der Waals surface area (Å²) in [6.07, 6.45) is 7.05. The van der Waals surface area contributed by atoms with Gasteiger partial charge in [0, 0.05) is 34.2 Å². The second-order valence-electron chi connectivity index (χ2n) is 4.66. The van der Waals surface area contributed by atoms with Crippen LogP contribution in [0.2, 0.25) is 0 Å². The summed E-state index contributed by atoms with van der Waals surface area (Å²) in [4.78, 5) is 13.5. The third kappa shape index (κ3) is 2.40. The van der Waals surface area contributed by atoms with Gasteiger partial charge < -0.3 is 5.32 Å². The van der Waals surface area contributed by atoms with Crippen LogP contribution in [0.25, 0.3) is 11.5 Å². The Balaban J connectivity index is 2.05. The molecule has 0 saturated heterocycles. The lowest BCUT2D eigenvalue weighted by molar-refractivity contribution is 0.487. The summed E-state index contributed by atoms with van der Waals surface area (Å²) in [6, 6.07) is 4.23. The molecule has 0 bridgehead atoms. The van der Waals surface area contributed by atoms with Gasteiger partial charge in [-0.2, -0.15) is 0 Å². The van der Waals surface area contributed by atoms with Crippen LogP contribution in [0.3, 0.4) is 0 Å². The Kier molecular flexibility index (Phi) is 3.57. The van der Waals surface area contributed by atoms with E-state index in [1.807, 2.05) is 25.4 Å². The maximum absolute atomic E-state index is 4.70. The normalized spacial score (nSPS) is 18.1. The molecule has 4 nitrogen and oxygen atoms in total. The molecule has 2 aromatic heterocycles. The SMILES string of the molecule is CNC1CCCc2nc(-c3ncccc3Br)ncc21. The van der Waals surface area contributed by atoms with E-state index >= 15 is 0 Å². The van der Waals surface area contributed by atoms with Gasteiger partial charge in [0.25, 0.3) is 0 Å². The molecule has 0 spiro atoms. The molecule has 19 heavy (non-hydrogen) atoms. The number of nitrogens with one attached hydrogen (secondary N) is 1. The first-order chi connectivity index (χ1) is 9.29. The number of halogens is 1. The Labute approximate surface area is 120 Å². The van der Waals surface area contributed by atoms with Gasteiger partial charge in [0.2, 0.25) is 0 Å². The Morgan fingerprint density at radius 1 is 1.37 bits per heavy atom. The van der Waals surface area contributed by atoms with E-state index < -0.39 is 0 Å². The van der Waals surface area contributed by atoms with Crippen LogP contribution in [0.5, 0.6) is 0 Å². The van der Waals surface area contributed by atoms with Gasteiger partial charge in [-0.3, -0.25) is 4.98 Å². The Morgan fingerprint density at radius 2 is 2.26 bits per heavy atom. The first kappa shape index (κ1) is 12.7. The minimum Gasteiger partial charge on any atom is -0.313 e. The maximum Gasteiger partial charge on any atom is 0.179 e. The third-order valence-corrected chi connectivity index (χ3v) is 4.14. The predicted molar refractivity (Wildman–Crippen MR) is 77.7 cm³/mol. The number of pyridine rings is 1. The highest BCUT2D eigenvalue weighted by molar-refractivity contribution is 9.10. The average molecular weight is 319 g/mol. The molecule has 1 unspecified atom stereocenters. The predicted octanol–water partition coefficient (Wildman–Crippen LogP) is 2.90. The molecular formula is C14H15BrN4. The van der Waals surface area contributed by atoms with Gasteiger partial charge in [0.15, 0.2) is 5.82 Å². The van der Waals surface area contributed by atoms with Gasteiger partial charge in [-0.1, -0.05) is 0 Å². The van der Waals surface area contributed by atoms with Gasteiger partial charge >= 0.3 is 0 Å². The summed E-state index contributed by atoms with van der Waals surface area (Å²) in [5, 5.41) is 3.33. The van der Waals surface area contributed by atoms with E-state index in [0.29, 0.717) is 11.9 Å². The zero-order valence-electron chi connectivity index (χ0n) is 10.7. The molecule has 0 aliphatic heterocycles. The highest BCUT2D eigenvalue weighted by atomic mass is 79.9. The van der Waals surface area contributed by atoms with Crippen LogP contribution in [-0.4, -0.2) is 22.0 Å². The molecule has 1 N–H and O–H groups in total. The fraction of sp³-hybridized carbons (Fsp3) is 0.357. The first-order valence-corrected chi connectivity index (χ1v) is 7.23. The van der Waals surface area contributed by atoms with Gasteiger partial charge in [-0.05, 0) is 54.4 Å². The average Bonchev–Trinajstić information content (AvgIpc) is 2.46. The largest absolute Gasteiger partial charge is 0.313 e. The van der Waals surface area contributed by atoms with Crippen LogP contribution in [-0.2, 0) is 6.42 Å². The lowest BCUT2D eigenvalue weighted by Crippen LogP contribution is -2.23. The molecule has 0 saturated carbocycles. The molecule has 0 radical (unpaired) electrons. The smallest absolute Gasteiger partial charge is 0.179 e.